The highest BCUT2D eigenvalue weighted by atomic mass is 16.6. The molecule has 1 amide bonds. The normalized spacial score (nSPS) is 19.5. The number of nitro benzene ring substituents is 1. The predicted molar refractivity (Wildman–Crippen MR) is 87.4 cm³/mol. The average molecular weight is 348 g/mol. The number of esters is 1. The van der Waals surface area contributed by atoms with Crippen LogP contribution in [0.1, 0.15) is 40.0 Å². The number of nitro groups is 1. The van der Waals surface area contributed by atoms with Crippen LogP contribution in [0.3, 0.4) is 0 Å². The molecule has 1 atom stereocenters. The summed E-state index contributed by atoms with van der Waals surface area (Å²) in [4.78, 5) is 37.0. The molecular weight excluding hydrogens is 328 g/mol. The summed E-state index contributed by atoms with van der Waals surface area (Å²) in [7, 11) is 1.19. The zero-order chi connectivity index (χ0) is 18.0. The number of ether oxygens (including phenoxy) is 2. The summed E-state index contributed by atoms with van der Waals surface area (Å²) in [6.45, 7) is 1.89. The van der Waals surface area contributed by atoms with E-state index >= 15 is 0 Å². The van der Waals surface area contributed by atoms with E-state index in [4.69, 9.17) is 4.74 Å². The first kappa shape index (κ1) is 17.3. The van der Waals surface area contributed by atoms with Crippen molar-refractivity contribution >= 4 is 17.6 Å². The molecule has 1 saturated heterocycles. The molecule has 0 radical (unpaired) electrons. The van der Waals surface area contributed by atoms with Gasteiger partial charge in [0.2, 0.25) is 0 Å². The molecule has 1 aromatic rings. The van der Waals surface area contributed by atoms with Gasteiger partial charge in [0.15, 0.2) is 0 Å². The maximum Gasteiger partial charge on any atom is 0.338 e. The number of rotatable bonds is 6. The van der Waals surface area contributed by atoms with E-state index in [1.165, 1.54) is 19.2 Å². The molecule has 0 N–H and O–H groups in total. The van der Waals surface area contributed by atoms with Crippen molar-refractivity contribution in [1.82, 2.24) is 4.90 Å². The van der Waals surface area contributed by atoms with Gasteiger partial charge in [-0.1, -0.05) is 0 Å². The molecule has 8 heteroatoms. The highest BCUT2D eigenvalue weighted by molar-refractivity contribution is 5.99. The molecule has 0 bridgehead atoms. The molecule has 2 aliphatic rings. The van der Waals surface area contributed by atoms with Gasteiger partial charge >= 0.3 is 5.97 Å². The van der Waals surface area contributed by atoms with Gasteiger partial charge in [-0.3, -0.25) is 14.9 Å². The second-order valence-electron chi connectivity index (χ2n) is 6.44. The van der Waals surface area contributed by atoms with E-state index in [1.54, 1.807) is 4.90 Å². The number of hydrogen-bond donors (Lipinski definition) is 0. The molecule has 1 heterocycles. The van der Waals surface area contributed by atoms with Crippen molar-refractivity contribution in [2.45, 2.75) is 25.3 Å². The maximum absolute atomic E-state index is 13.0. The monoisotopic (exact) mass is 348 g/mol. The number of amides is 1. The lowest BCUT2D eigenvalue weighted by Gasteiger charge is -2.25. The SMILES string of the molecule is COC(=O)c1cc(C(=O)N(C[C@@H]2CCOC2)C2CC2)cc([N+](=O)[O-])c1. The number of non-ortho nitro benzene ring substituents is 1. The molecule has 1 aliphatic carbocycles. The molecule has 8 nitrogen and oxygen atoms in total. The minimum Gasteiger partial charge on any atom is -0.465 e. The third kappa shape index (κ3) is 3.96. The van der Waals surface area contributed by atoms with Crippen molar-refractivity contribution in [3.05, 3.63) is 39.4 Å². The minimum absolute atomic E-state index is 0.00000310. The predicted octanol–water partition coefficient (Wildman–Crippen LogP) is 2.02. The summed E-state index contributed by atoms with van der Waals surface area (Å²) in [5.41, 5.74) is -0.161. The van der Waals surface area contributed by atoms with Crippen LogP contribution in [0, 0.1) is 16.0 Å². The number of carbonyl (C=O) groups is 2. The van der Waals surface area contributed by atoms with Gasteiger partial charge in [0, 0.05) is 42.8 Å². The zero-order valence-electron chi connectivity index (χ0n) is 14.0. The maximum atomic E-state index is 13.0. The highest BCUT2D eigenvalue weighted by Gasteiger charge is 2.36. The third-order valence-corrected chi connectivity index (χ3v) is 4.52. The van der Waals surface area contributed by atoms with Gasteiger partial charge in [-0.15, -0.1) is 0 Å². The largest absolute Gasteiger partial charge is 0.465 e. The Labute approximate surface area is 144 Å². The Kier molecular flexibility index (Phi) is 4.98. The number of benzene rings is 1. The molecule has 25 heavy (non-hydrogen) atoms. The van der Waals surface area contributed by atoms with Crippen molar-refractivity contribution in [2.24, 2.45) is 5.92 Å². The van der Waals surface area contributed by atoms with Crippen LogP contribution in [-0.2, 0) is 9.47 Å². The summed E-state index contributed by atoms with van der Waals surface area (Å²) in [6.07, 6.45) is 2.76. The van der Waals surface area contributed by atoms with Gasteiger partial charge in [0.1, 0.15) is 0 Å². The smallest absolute Gasteiger partial charge is 0.338 e. The summed E-state index contributed by atoms with van der Waals surface area (Å²) in [5.74, 6) is -0.716. The Morgan fingerprint density at radius 3 is 2.56 bits per heavy atom. The average Bonchev–Trinajstić information content (AvgIpc) is 3.33. The van der Waals surface area contributed by atoms with Crippen molar-refractivity contribution in [1.29, 1.82) is 0 Å². The van der Waals surface area contributed by atoms with E-state index < -0.39 is 10.9 Å². The lowest BCUT2D eigenvalue weighted by Crippen LogP contribution is -2.37. The summed E-state index contributed by atoms with van der Waals surface area (Å²) in [5, 5.41) is 11.1. The molecule has 0 aromatic heterocycles. The van der Waals surface area contributed by atoms with Gasteiger partial charge < -0.3 is 14.4 Å². The summed E-state index contributed by atoms with van der Waals surface area (Å²) >= 11 is 0. The molecule has 0 spiro atoms. The second kappa shape index (κ2) is 7.18. The number of methoxy groups -OCH3 is 1. The first-order valence-corrected chi connectivity index (χ1v) is 8.26. The van der Waals surface area contributed by atoms with E-state index in [-0.39, 0.29) is 34.7 Å². The first-order valence-electron chi connectivity index (χ1n) is 8.26. The van der Waals surface area contributed by atoms with Gasteiger partial charge in [0.05, 0.1) is 24.2 Å². The van der Waals surface area contributed by atoms with Crippen LogP contribution >= 0.6 is 0 Å². The van der Waals surface area contributed by atoms with Crippen LogP contribution in [0.4, 0.5) is 5.69 Å². The van der Waals surface area contributed by atoms with Gasteiger partial charge in [0.25, 0.3) is 11.6 Å². The van der Waals surface area contributed by atoms with Crippen molar-refractivity contribution < 1.29 is 24.0 Å². The van der Waals surface area contributed by atoms with E-state index in [2.05, 4.69) is 4.74 Å². The third-order valence-electron chi connectivity index (χ3n) is 4.52. The van der Waals surface area contributed by atoms with E-state index in [9.17, 15) is 19.7 Å². The Morgan fingerprint density at radius 1 is 1.28 bits per heavy atom. The fourth-order valence-electron chi connectivity index (χ4n) is 3.03. The van der Waals surface area contributed by atoms with Crippen LogP contribution in [-0.4, -0.2) is 54.6 Å². The van der Waals surface area contributed by atoms with Crippen molar-refractivity contribution in [3.63, 3.8) is 0 Å². The van der Waals surface area contributed by atoms with Gasteiger partial charge in [-0.05, 0) is 25.3 Å². The van der Waals surface area contributed by atoms with Gasteiger partial charge in [-0.2, -0.15) is 0 Å². The Balaban J connectivity index is 1.89. The number of hydrogen-bond acceptors (Lipinski definition) is 6. The van der Waals surface area contributed by atoms with E-state index in [1.807, 2.05) is 0 Å². The highest BCUT2D eigenvalue weighted by Crippen LogP contribution is 2.31. The van der Waals surface area contributed by atoms with E-state index in [0.717, 1.165) is 25.3 Å². The van der Waals surface area contributed by atoms with Crippen LogP contribution < -0.4 is 0 Å². The molecule has 134 valence electrons. The quantitative estimate of drug-likeness (QED) is 0.443. The fourth-order valence-corrected chi connectivity index (χ4v) is 3.03. The number of carbonyl (C=O) groups excluding carboxylic acids is 2. The fraction of sp³-hybridized carbons (Fsp3) is 0.529. The standard InChI is InChI=1S/C17H20N2O6/c1-24-17(21)13-6-12(7-15(8-13)19(22)23)16(20)18(14-2-3-14)9-11-4-5-25-10-11/h6-8,11,14H,2-5,9-10H2,1H3/t11-/m0/s1. The van der Waals surface area contributed by atoms with Crippen LogP contribution in [0.25, 0.3) is 0 Å². The molecule has 1 aliphatic heterocycles. The molecule has 0 unspecified atom stereocenters. The second-order valence-corrected chi connectivity index (χ2v) is 6.44. The van der Waals surface area contributed by atoms with Crippen LogP contribution in [0.15, 0.2) is 18.2 Å². The summed E-state index contributed by atoms with van der Waals surface area (Å²) < 4.78 is 10.0. The molecule has 1 aromatic carbocycles. The van der Waals surface area contributed by atoms with Crippen LogP contribution in [0.2, 0.25) is 0 Å². The first-order chi connectivity index (χ1) is 12.0. The lowest BCUT2D eigenvalue weighted by atomic mass is 10.1. The van der Waals surface area contributed by atoms with E-state index in [0.29, 0.717) is 19.8 Å². The Morgan fingerprint density at radius 2 is 2.00 bits per heavy atom. The molecule has 2 fully saturated rings. The van der Waals surface area contributed by atoms with Crippen molar-refractivity contribution in [3.8, 4) is 0 Å². The topological polar surface area (TPSA) is 99.0 Å². The minimum atomic E-state index is -0.708. The molecule has 1 saturated carbocycles. The van der Waals surface area contributed by atoms with Crippen LogP contribution in [0.5, 0.6) is 0 Å². The molecular formula is C17H20N2O6. The van der Waals surface area contributed by atoms with Gasteiger partial charge in [-0.25, -0.2) is 4.79 Å². The number of nitrogens with zero attached hydrogens (tertiary/aromatic N) is 2. The Bertz CT molecular complexity index is 694. The van der Waals surface area contributed by atoms with Crippen molar-refractivity contribution in [2.75, 3.05) is 26.9 Å². The zero-order valence-corrected chi connectivity index (χ0v) is 14.0. The molecule has 3 rings (SSSR count). The lowest BCUT2D eigenvalue weighted by molar-refractivity contribution is -0.384. The summed E-state index contributed by atoms with van der Waals surface area (Å²) in [6, 6.07) is 3.86. The Hall–Kier alpha value is -2.48.